The van der Waals surface area contributed by atoms with Gasteiger partial charge in [0.05, 0.1) is 43.0 Å². The summed E-state index contributed by atoms with van der Waals surface area (Å²) in [4.78, 5) is 14.1. The van der Waals surface area contributed by atoms with E-state index in [-0.39, 0.29) is 22.7 Å². The first kappa shape index (κ1) is 42.7. The third-order valence-corrected chi connectivity index (χ3v) is 15.4. The highest BCUT2D eigenvalue weighted by Crippen LogP contribution is 2.73. The van der Waals surface area contributed by atoms with Crippen molar-refractivity contribution in [1.29, 1.82) is 0 Å². The molecule has 17 nitrogen and oxygen atoms in total. The van der Waals surface area contributed by atoms with Crippen molar-refractivity contribution >= 4 is 5.97 Å². The molecule has 56 heavy (non-hydrogen) atoms. The van der Waals surface area contributed by atoms with Gasteiger partial charge in [-0.3, -0.25) is 4.79 Å². The zero-order chi connectivity index (χ0) is 40.7. The van der Waals surface area contributed by atoms with E-state index in [9.17, 15) is 55.9 Å². The van der Waals surface area contributed by atoms with Gasteiger partial charge in [0.2, 0.25) is 6.29 Å². The Hall–Kier alpha value is -1.39. The van der Waals surface area contributed by atoms with Crippen LogP contribution in [0, 0.1) is 34.0 Å². The summed E-state index contributed by atoms with van der Waals surface area (Å²) in [7, 11) is 0. The molecule has 17 heteroatoms. The van der Waals surface area contributed by atoms with Crippen LogP contribution >= 0.6 is 0 Å². The molecule has 4 aliphatic carbocycles. The first-order valence-corrected chi connectivity index (χ1v) is 20.2. The van der Waals surface area contributed by atoms with Crippen molar-refractivity contribution in [1.82, 2.24) is 0 Å². The van der Waals surface area contributed by atoms with E-state index in [4.69, 9.17) is 28.4 Å². The summed E-state index contributed by atoms with van der Waals surface area (Å²) in [6.07, 6.45) is -14.4. The molecule has 0 aromatic rings. The van der Waals surface area contributed by atoms with E-state index in [2.05, 4.69) is 13.5 Å². The zero-order valence-electron chi connectivity index (χ0n) is 32.3. The molecule has 4 saturated carbocycles. The summed E-state index contributed by atoms with van der Waals surface area (Å²) >= 11 is 0. The van der Waals surface area contributed by atoms with Crippen LogP contribution < -0.4 is 0 Å². The minimum Gasteiger partial charge on any atom is -0.432 e. The van der Waals surface area contributed by atoms with Gasteiger partial charge in [0.25, 0.3) is 0 Å². The van der Waals surface area contributed by atoms with E-state index in [1.807, 2.05) is 6.92 Å². The van der Waals surface area contributed by atoms with Crippen LogP contribution in [-0.2, 0) is 33.2 Å². The number of rotatable bonds is 9. The topological polar surface area (TPSA) is 275 Å². The fourth-order valence-electron chi connectivity index (χ4n) is 12.2. The average molecular weight is 803 g/mol. The van der Waals surface area contributed by atoms with Gasteiger partial charge >= 0.3 is 5.97 Å². The molecule has 320 valence electrons. The van der Waals surface area contributed by atoms with Crippen molar-refractivity contribution in [3.05, 3.63) is 12.2 Å². The van der Waals surface area contributed by atoms with Gasteiger partial charge < -0.3 is 79.5 Å². The van der Waals surface area contributed by atoms with Gasteiger partial charge in [0.15, 0.2) is 12.6 Å². The van der Waals surface area contributed by atoms with Crippen LogP contribution in [0.5, 0.6) is 0 Å². The Morgan fingerprint density at radius 1 is 0.714 bits per heavy atom. The minimum absolute atomic E-state index is 0.108. The number of esters is 1. The molecule has 7 rings (SSSR count). The number of ether oxygens (including phenoxy) is 6. The summed E-state index contributed by atoms with van der Waals surface area (Å²) in [5.74, 6) is -1.16. The van der Waals surface area contributed by atoms with Crippen LogP contribution in [0.2, 0.25) is 0 Å². The number of carbonyl (C=O) groups is 1. The molecule has 3 saturated heterocycles. The monoisotopic (exact) mass is 802 g/mol. The highest BCUT2D eigenvalue weighted by molar-refractivity contribution is 5.77. The normalized spacial score (nSPS) is 54.6. The molecule has 3 unspecified atom stereocenters. The van der Waals surface area contributed by atoms with E-state index >= 15 is 0 Å². The molecular weight excluding hydrogens is 740 g/mol. The summed E-state index contributed by atoms with van der Waals surface area (Å²) < 4.78 is 36.1. The van der Waals surface area contributed by atoms with Gasteiger partial charge in [-0.1, -0.05) is 26.8 Å². The lowest BCUT2D eigenvalue weighted by atomic mass is 9.41. The van der Waals surface area contributed by atoms with Crippen molar-refractivity contribution in [2.75, 3.05) is 19.8 Å². The van der Waals surface area contributed by atoms with E-state index < -0.39 is 129 Å². The Labute approximate surface area is 326 Å². The summed E-state index contributed by atoms with van der Waals surface area (Å²) in [5, 5.41) is 105. The molecule has 0 radical (unpaired) electrons. The van der Waals surface area contributed by atoms with Gasteiger partial charge in [-0.15, -0.1) is 0 Å². The van der Waals surface area contributed by atoms with Crippen molar-refractivity contribution < 1.29 is 84.3 Å². The van der Waals surface area contributed by atoms with Crippen molar-refractivity contribution in [3.63, 3.8) is 0 Å². The lowest BCUT2D eigenvalue weighted by molar-refractivity contribution is -0.375. The van der Waals surface area contributed by atoms with Crippen LogP contribution in [0.3, 0.4) is 0 Å². The SMILES string of the molecule is C=C1C[C@@]23CCC4C(C)(C(=O)O[C@@H]5O[C@H](CO)[C@H](O)[C@@H](O)[C@H]5O)CCC[C@@]4(C)C2CC[C@]1(O[C@@H]1O[C@H](CO)[C@@H](O)[C@H](O)[C@H]1O[C@@H]1O[C@H](CO)[C@@H](C)[C@H](O)[C@H]1O)C3. The van der Waals surface area contributed by atoms with Gasteiger partial charge in [0.1, 0.15) is 54.9 Å². The van der Waals surface area contributed by atoms with Crippen molar-refractivity contribution in [2.24, 2.45) is 34.0 Å². The first-order chi connectivity index (χ1) is 26.4. The molecule has 0 amide bonds. The molecule has 10 N–H and O–H groups in total. The maximum atomic E-state index is 14.1. The fraction of sp³-hybridized carbons (Fsp3) is 0.923. The number of fused-ring (bicyclic) bond motifs is 3. The zero-order valence-corrected chi connectivity index (χ0v) is 32.3. The predicted molar refractivity (Wildman–Crippen MR) is 190 cm³/mol. The summed E-state index contributed by atoms with van der Waals surface area (Å²) in [5.41, 5.74) is -1.67. The molecule has 1 spiro atoms. The van der Waals surface area contributed by atoms with Crippen LogP contribution in [0.4, 0.5) is 0 Å². The van der Waals surface area contributed by atoms with Gasteiger partial charge in [-0.25, -0.2) is 0 Å². The third-order valence-electron chi connectivity index (χ3n) is 15.4. The molecule has 0 aromatic carbocycles. The van der Waals surface area contributed by atoms with Crippen LogP contribution in [-0.4, -0.2) is 168 Å². The molecule has 7 aliphatic rings. The van der Waals surface area contributed by atoms with E-state index in [1.54, 1.807) is 6.92 Å². The van der Waals surface area contributed by atoms with Crippen molar-refractivity contribution in [3.8, 4) is 0 Å². The second-order valence-electron chi connectivity index (χ2n) is 18.4. The maximum absolute atomic E-state index is 14.1. The van der Waals surface area contributed by atoms with Crippen molar-refractivity contribution in [2.45, 2.75) is 170 Å². The lowest BCUT2D eigenvalue weighted by Gasteiger charge is -2.64. The molecule has 21 atom stereocenters. The molecule has 7 fully saturated rings. The van der Waals surface area contributed by atoms with Crippen LogP contribution in [0.15, 0.2) is 12.2 Å². The number of aliphatic hydroxyl groups is 10. The van der Waals surface area contributed by atoms with Crippen LogP contribution in [0.25, 0.3) is 0 Å². The molecular formula is C39H62O17. The molecule has 0 aromatic heterocycles. The minimum atomic E-state index is -1.70. The van der Waals surface area contributed by atoms with E-state index in [0.29, 0.717) is 38.5 Å². The smallest absolute Gasteiger partial charge is 0.314 e. The highest BCUT2D eigenvalue weighted by Gasteiger charge is 2.69. The Morgan fingerprint density at radius 3 is 1.96 bits per heavy atom. The standard InChI is InChI=1S/C39H62O17/c1-17-12-38-10-6-22-36(3,8-5-9-37(22,4)35(50)55-33-30(49)27(46)25(44)20(14-41)52-33)23(38)7-11-39(17,16-38)56-34-31(28(47)26(45)21(15-42)53-34)54-32-29(48)24(43)18(2)19(13-40)51-32/h18-34,40-49H,1,5-16H2,2-4H3/t18-,19-,20-,21-,22?,23?,24+,25+,26-,27-,28+,29-,30-,31-,32+,33+,34+,36-,37?,38-,39+/m1/s1. The Kier molecular flexibility index (Phi) is 11.9. The lowest BCUT2D eigenvalue weighted by Crippen LogP contribution is -2.65. The Morgan fingerprint density at radius 2 is 1.30 bits per heavy atom. The quantitative estimate of drug-likeness (QED) is 0.0710. The first-order valence-electron chi connectivity index (χ1n) is 20.2. The summed E-state index contributed by atoms with van der Waals surface area (Å²) in [6.45, 7) is 8.48. The second kappa shape index (κ2) is 15.6. The highest BCUT2D eigenvalue weighted by atomic mass is 16.8. The molecule has 3 aliphatic heterocycles. The summed E-state index contributed by atoms with van der Waals surface area (Å²) in [6, 6.07) is 0. The second-order valence-corrected chi connectivity index (χ2v) is 18.4. The van der Waals surface area contributed by atoms with Crippen LogP contribution in [0.1, 0.15) is 78.6 Å². The number of carbonyl (C=O) groups excluding carboxylic acids is 1. The van der Waals surface area contributed by atoms with Gasteiger partial charge in [0, 0.05) is 5.92 Å². The van der Waals surface area contributed by atoms with E-state index in [0.717, 1.165) is 24.8 Å². The van der Waals surface area contributed by atoms with Gasteiger partial charge in [-0.2, -0.15) is 0 Å². The number of hydrogen-bond acceptors (Lipinski definition) is 17. The third kappa shape index (κ3) is 6.70. The van der Waals surface area contributed by atoms with E-state index in [1.165, 1.54) is 0 Å². The maximum Gasteiger partial charge on any atom is 0.314 e. The predicted octanol–water partition coefficient (Wildman–Crippen LogP) is -1.66. The molecule has 3 heterocycles. The number of aliphatic hydroxyl groups excluding tert-OH is 10. The largest absolute Gasteiger partial charge is 0.432 e. The van der Waals surface area contributed by atoms with Gasteiger partial charge in [-0.05, 0) is 86.5 Å². The number of hydrogen-bond donors (Lipinski definition) is 10. The molecule has 2 bridgehead atoms. The fourth-order valence-corrected chi connectivity index (χ4v) is 12.2. The Balaban J connectivity index is 1.10. The Bertz CT molecular complexity index is 1450. The average Bonchev–Trinajstić information content (AvgIpc) is 3.37.